The van der Waals surface area contributed by atoms with Crippen LogP contribution >= 0.6 is 0 Å². The predicted octanol–water partition coefficient (Wildman–Crippen LogP) is 8.99. The average Bonchev–Trinajstić information content (AvgIpc) is 3.20. The molecule has 1 aromatic carbocycles. The third-order valence-electron chi connectivity index (χ3n) is 10.6. The van der Waals surface area contributed by atoms with Crippen LogP contribution in [0.15, 0.2) is 77.6 Å². The van der Waals surface area contributed by atoms with Crippen molar-refractivity contribution in [2.45, 2.75) is 117 Å². The van der Waals surface area contributed by atoms with Crippen molar-refractivity contribution in [1.82, 2.24) is 5.32 Å². The van der Waals surface area contributed by atoms with E-state index in [-0.39, 0.29) is 40.7 Å². The molecule has 1 heterocycles. The summed E-state index contributed by atoms with van der Waals surface area (Å²) in [5, 5.41) is 3.53. The Morgan fingerprint density at radius 3 is 2.33 bits per heavy atom. The maximum atomic E-state index is 14.7. The molecule has 0 aromatic heterocycles. The van der Waals surface area contributed by atoms with Gasteiger partial charge in [-0.3, -0.25) is 9.59 Å². The molecule has 4 rings (SSSR count). The smallest absolute Gasteiger partial charge is 0.303 e. The van der Waals surface area contributed by atoms with E-state index in [9.17, 15) is 9.59 Å². The minimum Gasteiger partial charge on any atom is -0.546 e. The van der Waals surface area contributed by atoms with E-state index in [0.717, 1.165) is 36.6 Å². The van der Waals surface area contributed by atoms with Gasteiger partial charge >= 0.3 is 5.97 Å². The number of amides is 1. The molecule has 1 amide bonds. The van der Waals surface area contributed by atoms with Gasteiger partial charge in [0.2, 0.25) is 14.2 Å². The van der Waals surface area contributed by atoms with Crippen LogP contribution in [-0.2, 0) is 25.2 Å². The SMILES string of the molecule is CC(=O)O[C@H]1/C=C/C(C)=C(/O[Si](C)(C)C(C)(C)C)CC/C=C/[C@H]2C=C(C[Si](C)(C)C)[C@@H](C)[C@H]3[C@H](Cc4ccccc4)NC(=O)[C@]321. The number of allylic oxidation sites excluding steroid dienone is 7. The van der Waals surface area contributed by atoms with Crippen LogP contribution in [0.1, 0.15) is 59.9 Å². The Balaban J connectivity index is 1.91. The second-order valence-corrected chi connectivity index (χ2v) is 26.5. The topological polar surface area (TPSA) is 64.6 Å². The van der Waals surface area contributed by atoms with Gasteiger partial charge in [0.15, 0.2) is 0 Å². The Morgan fingerprint density at radius 2 is 1.73 bits per heavy atom. The number of carbonyl (C=O) groups is 2. The van der Waals surface area contributed by atoms with E-state index in [1.807, 2.05) is 18.2 Å². The van der Waals surface area contributed by atoms with Gasteiger partial charge in [-0.1, -0.05) is 108 Å². The second kappa shape index (κ2) is 13.2. The van der Waals surface area contributed by atoms with Crippen LogP contribution in [0.4, 0.5) is 0 Å². The lowest BCUT2D eigenvalue weighted by atomic mass is 9.54. The van der Waals surface area contributed by atoms with Crippen molar-refractivity contribution in [2.24, 2.45) is 23.2 Å². The van der Waals surface area contributed by atoms with E-state index >= 15 is 0 Å². The summed E-state index contributed by atoms with van der Waals surface area (Å²) in [6.07, 6.45) is 12.5. The van der Waals surface area contributed by atoms with Gasteiger partial charge in [0.05, 0.1) is 5.76 Å². The Hall–Kier alpha value is -2.65. The first-order valence-electron chi connectivity index (χ1n) is 16.8. The van der Waals surface area contributed by atoms with E-state index in [1.165, 1.54) is 18.1 Å². The second-order valence-electron chi connectivity index (χ2n) is 16.3. The molecular formula is C38H57NO4Si2. The number of esters is 1. The van der Waals surface area contributed by atoms with Gasteiger partial charge < -0.3 is 14.5 Å². The number of hydrogen-bond acceptors (Lipinski definition) is 4. The van der Waals surface area contributed by atoms with Crippen LogP contribution in [0.25, 0.3) is 0 Å². The summed E-state index contributed by atoms with van der Waals surface area (Å²) < 4.78 is 13.1. The van der Waals surface area contributed by atoms with Gasteiger partial charge in [-0.2, -0.15) is 0 Å². The zero-order valence-corrected chi connectivity index (χ0v) is 31.6. The summed E-state index contributed by atoms with van der Waals surface area (Å²) >= 11 is 0. The zero-order valence-electron chi connectivity index (χ0n) is 29.6. The lowest BCUT2D eigenvalue weighted by Gasteiger charge is -2.49. The van der Waals surface area contributed by atoms with Crippen molar-refractivity contribution in [3.8, 4) is 0 Å². The predicted molar refractivity (Wildman–Crippen MR) is 191 cm³/mol. The molecule has 3 aliphatic rings. The van der Waals surface area contributed by atoms with Gasteiger partial charge in [-0.25, -0.2) is 0 Å². The number of carbonyl (C=O) groups excluding carboxylic acids is 2. The Bertz CT molecular complexity index is 1380. The van der Waals surface area contributed by atoms with E-state index in [4.69, 9.17) is 9.16 Å². The van der Waals surface area contributed by atoms with Crippen LogP contribution in [0.2, 0.25) is 43.8 Å². The van der Waals surface area contributed by atoms with Crippen molar-refractivity contribution < 1.29 is 18.8 Å². The molecule has 45 heavy (non-hydrogen) atoms. The monoisotopic (exact) mass is 647 g/mol. The van der Waals surface area contributed by atoms with Crippen molar-refractivity contribution in [3.63, 3.8) is 0 Å². The van der Waals surface area contributed by atoms with Crippen LogP contribution in [0.3, 0.4) is 0 Å². The first-order chi connectivity index (χ1) is 20.9. The molecule has 6 atom stereocenters. The van der Waals surface area contributed by atoms with Crippen molar-refractivity contribution >= 4 is 28.3 Å². The molecule has 0 unspecified atom stereocenters. The molecule has 7 heteroatoms. The van der Waals surface area contributed by atoms with E-state index in [2.05, 4.69) is 115 Å². The van der Waals surface area contributed by atoms with Gasteiger partial charge in [0.25, 0.3) is 0 Å². The first kappa shape index (κ1) is 35.2. The minimum atomic E-state index is -2.08. The molecule has 1 N–H and O–H groups in total. The highest BCUT2D eigenvalue weighted by atomic mass is 28.4. The highest BCUT2D eigenvalue weighted by Gasteiger charge is 2.66. The summed E-state index contributed by atoms with van der Waals surface area (Å²) in [5.74, 6) is 0.483. The Morgan fingerprint density at radius 1 is 1.07 bits per heavy atom. The third kappa shape index (κ3) is 7.51. The summed E-state index contributed by atoms with van der Waals surface area (Å²) in [7, 11) is -3.55. The molecule has 5 nitrogen and oxygen atoms in total. The molecule has 0 saturated carbocycles. The average molecular weight is 648 g/mol. The van der Waals surface area contributed by atoms with Crippen LogP contribution in [0, 0.1) is 23.2 Å². The van der Waals surface area contributed by atoms with Crippen molar-refractivity contribution in [2.75, 3.05) is 0 Å². The fraction of sp³-hybridized carbons (Fsp3) is 0.579. The highest BCUT2D eigenvalue weighted by molar-refractivity contribution is 6.76. The van der Waals surface area contributed by atoms with Gasteiger partial charge in [-0.15, -0.1) is 0 Å². The van der Waals surface area contributed by atoms with Crippen molar-refractivity contribution in [3.05, 3.63) is 83.2 Å². The maximum Gasteiger partial charge on any atom is 0.303 e. The first-order valence-corrected chi connectivity index (χ1v) is 23.4. The summed E-state index contributed by atoms with van der Waals surface area (Å²) in [6, 6.07) is 11.4. The highest BCUT2D eigenvalue weighted by Crippen LogP contribution is 2.57. The van der Waals surface area contributed by atoms with E-state index < -0.39 is 27.9 Å². The lowest BCUT2D eigenvalue weighted by Crippen LogP contribution is -2.55. The Kier molecular flexibility index (Phi) is 10.3. The van der Waals surface area contributed by atoms with Crippen LogP contribution in [-0.4, -0.2) is 40.4 Å². The number of hydrogen-bond donors (Lipinski definition) is 1. The van der Waals surface area contributed by atoms with Gasteiger partial charge in [0, 0.05) is 39.3 Å². The quantitative estimate of drug-likeness (QED) is 0.182. The van der Waals surface area contributed by atoms with Crippen LogP contribution < -0.4 is 5.32 Å². The largest absolute Gasteiger partial charge is 0.546 e. The zero-order chi connectivity index (χ0) is 33.4. The number of rotatable bonds is 7. The summed E-state index contributed by atoms with van der Waals surface area (Å²) in [4.78, 5) is 27.5. The molecule has 1 spiro atoms. The molecule has 2 aliphatic carbocycles. The van der Waals surface area contributed by atoms with Gasteiger partial charge in [0.1, 0.15) is 11.5 Å². The van der Waals surface area contributed by atoms with E-state index in [0.29, 0.717) is 0 Å². The fourth-order valence-corrected chi connectivity index (χ4v) is 10.3. The maximum absolute atomic E-state index is 14.7. The van der Waals surface area contributed by atoms with E-state index in [1.54, 1.807) is 0 Å². The number of nitrogens with one attached hydrogen (secondary N) is 1. The molecule has 1 saturated heterocycles. The van der Waals surface area contributed by atoms with Crippen molar-refractivity contribution in [1.29, 1.82) is 0 Å². The number of ether oxygens (including phenoxy) is 1. The van der Waals surface area contributed by atoms with Gasteiger partial charge in [-0.05, 0) is 67.1 Å². The molecule has 246 valence electrons. The molecular weight excluding hydrogens is 591 g/mol. The fourth-order valence-electron chi connectivity index (χ4n) is 7.40. The molecule has 1 aliphatic heterocycles. The Labute approximate surface area is 274 Å². The minimum absolute atomic E-state index is 0.0206. The molecule has 1 fully saturated rings. The third-order valence-corrected chi connectivity index (χ3v) is 16.4. The number of benzene rings is 1. The lowest BCUT2D eigenvalue weighted by molar-refractivity contribution is -0.159. The standard InChI is InChI=1S/C38H57NO4Si2/c1-26-21-22-34(42-28(3)40)38-31(19-15-16-20-33(26)43-45(10,11)37(4,5)6)24-30(25-44(7,8)9)27(2)35(38)32(39-36(38)41)23-29-17-13-12-14-18-29/h12-15,17-19,21-22,24,27,31-32,34-35H,16,20,23,25H2,1-11H3,(H,39,41)/b19-15+,22-21+,33-26+/t27-,31+,32+,34+,35+,38-/m1/s1. The molecule has 0 bridgehead atoms. The summed E-state index contributed by atoms with van der Waals surface area (Å²) in [6.45, 7) is 24.4. The summed E-state index contributed by atoms with van der Waals surface area (Å²) in [5.41, 5.74) is 2.69. The molecule has 1 aromatic rings. The normalized spacial score (nSPS) is 32.3. The molecule has 0 radical (unpaired) electrons. The van der Waals surface area contributed by atoms with Crippen LogP contribution in [0.5, 0.6) is 0 Å².